The van der Waals surface area contributed by atoms with Gasteiger partial charge in [0.1, 0.15) is 0 Å². The number of nitrogens with zero attached hydrogens (tertiary/aromatic N) is 2. The maximum atomic E-state index is 12.8. The Morgan fingerprint density at radius 3 is 2.44 bits per heavy atom. The average Bonchev–Trinajstić information content (AvgIpc) is 3.12. The number of nitrogens with one attached hydrogen (secondary N) is 1. The van der Waals surface area contributed by atoms with E-state index in [4.69, 9.17) is 5.73 Å². The van der Waals surface area contributed by atoms with E-state index in [2.05, 4.69) is 5.43 Å². The summed E-state index contributed by atoms with van der Waals surface area (Å²) in [5.74, 6) is -0.180. The minimum Gasteiger partial charge on any atom is -0.464 e. The third-order valence-electron chi connectivity index (χ3n) is 4.70. The quantitative estimate of drug-likeness (QED) is 0.461. The second-order valence-electron chi connectivity index (χ2n) is 6.40. The minimum absolute atomic E-state index is 0.180. The SMILES string of the molecule is CC(=O)C(Cc1ccccc1)(N1CCCC1)N(NCCCN)C(=O)O. The van der Waals surface area contributed by atoms with Gasteiger partial charge in [0.15, 0.2) is 11.4 Å². The molecule has 1 fully saturated rings. The first kappa shape index (κ1) is 19.4. The lowest BCUT2D eigenvalue weighted by Gasteiger charge is -2.46. The Morgan fingerprint density at radius 2 is 1.92 bits per heavy atom. The monoisotopic (exact) mass is 348 g/mol. The predicted molar refractivity (Wildman–Crippen MR) is 95.9 cm³/mol. The number of nitrogens with two attached hydrogens (primary N) is 1. The van der Waals surface area contributed by atoms with Crippen LogP contribution in [-0.2, 0) is 11.2 Å². The number of hydrogen-bond acceptors (Lipinski definition) is 5. The topological polar surface area (TPSA) is 98.9 Å². The molecule has 1 heterocycles. The summed E-state index contributed by atoms with van der Waals surface area (Å²) in [6.07, 6.45) is 1.70. The summed E-state index contributed by atoms with van der Waals surface area (Å²) in [5, 5.41) is 10.9. The molecule has 0 saturated carbocycles. The number of hydrazine groups is 1. The first-order valence-corrected chi connectivity index (χ1v) is 8.79. The Balaban J connectivity index is 2.43. The molecule has 0 aliphatic carbocycles. The molecular weight excluding hydrogens is 320 g/mol. The van der Waals surface area contributed by atoms with Crippen LogP contribution in [0.15, 0.2) is 30.3 Å². The Hall–Kier alpha value is -1.96. The zero-order valence-electron chi connectivity index (χ0n) is 14.8. The molecule has 0 aromatic heterocycles. The van der Waals surface area contributed by atoms with Gasteiger partial charge in [-0.05, 0) is 38.3 Å². The molecule has 7 nitrogen and oxygen atoms in total. The van der Waals surface area contributed by atoms with Crippen molar-refractivity contribution in [1.29, 1.82) is 0 Å². The number of carbonyl (C=O) groups excluding carboxylic acids is 1. The molecule has 1 saturated heterocycles. The van der Waals surface area contributed by atoms with Crippen molar-refractivity contribution >= 4 is 11.9 Å². The van der Waals surface area contributed by atoms with Gasteiger partial charge in [0.25, 0.3) is 0 Å². The molecule has 0 radical (unpaired) electrons. The van der Waals surface area contributed by atoms with E-state index in [0.717, 1.165) is 23.4 Å². The Kier molecular flexibility index (Phi) is 6.92. The highest BCUT2D eigenvalue weighted by molar-refractivity contribution is 5.89. The third-order valence-corrected chi connectivity index (χ3v) is 4.70. The third kappa shape index (κ3) is 4.36. The van der Waals surface area contributed by atoms with Crippen LogP contribution in [0, 0.1) is 0 Å². The number of benzene rings is 1. The van der Waals surface area contributed by atoms with Crippen LogP contribution in [0.3, 0.4) is 0 Å². The molecule has 0 spiro atoms. The lowest BCUT2D eigenvalue weighted by atomic mass is 9.93. The molecule has 2 rings (SSSR count). The standard InChI is InChI=1S/C18H28N4O3/c1-15(23)18(21-12-5-6-13-21,14-16-8-3-2-4-9-16)22(17(24)25)20-11-7-10-19/h2-4,8-9,20H,5-7,10-14,19H2,1H3,(H,24,25). The van der Waals surface area contributed by atoms with Crippen LogP contribution in [0.4, 0.5) is 4.79 Å². The van der Waals surface area contributed by atoms with Gasteiger partial charge in [-0.25, -0.2) is 15.2 Å². The average molecular weight is 348 g/mol. The molecule has 1 aliphatic rings. The first-order chi connectivity index (χ1) is 12.0. The van der Waals surface area contributed by atoms with Gasteiger partial charge in [-0.3, -0.25) is 9.69 Å². The Bertz CT molecular complexity index is 575. The fraction of sp³-hybridized carbons (Fsp3) is 0.556. The number of Topliss-reactive ketones (excluding diaryl/α,β-unsaturated/α-hetero) is 1. The number of carbonyl (C=O) groups is 2. The van der Waals surface area contributed by atoms with Crippen molar-refractivity contribution in [3.63, 3.8) is 0 Å². The number of amides is 1. The van der Waals surface area contributed by atoms with Crippen LogP contribution in [0.5, 0.6) is 0 Å². The number of likely N-dealkylation sites (tertiary alicyclic amines) is 1. The summed E-state index contributed by atoms with van der Waals surface area (Å²) in [6.45, 7) is 3.74. The predicted octanol–water partition coefficient (Wildman–Crippen LogP) is 1.44. The zero-order chi connectivity index (χ0) is 18.3. The number of ketones is 1. The van der Waals surface area contributed by atoms with Crippen LogP contribution in [0.25, 0.3) is 0 Å². The van der Waals surface area contributed by atoms with E-state index < -0.39 is 11.8 Å². The van der Waals surface area contributed by atoms with Crippen LogP contribution >= 0.6 is 0 Å². The second-order valence-corrected chi connectivity index (χ2v) is 6.40. The van der Waals surface area contributed by atoms with Crippen molar-refractivity contribution in [3.05, 3.63) is 35.9 Å². The normalized spacial score (nSPS) is 17.2. The van der Waals surface area contributed by atoms with E-state index >= 15 is 0 Å². The molecular formula is C18H28N4O3. The van der Waals surface area contributed by atoms with Crippen LogP contribution in [0.1, 0.15) is 31.7 Å². The highest BCUT2D eigenvalue weighted by atomic mass is 16.4. The molecule has 1 aromatic rings. The summed E-state index contributed by atoms with van der Waals surface area (Å²) in [5.41, 5.74) is 8.13. The van der Waals surface area contributed by atoms with Crippen LogP contribution < -0.4 is 11.2 Å². The van der Waals surface area contributed by atoms with E-state index in [1.807, 2.05) is 35.2 Å². The van der Waals surface area contributed by atoms with Gasteiger partial charge in [-0.1, -0.05) is 30.3 Å². The second kappa shape index (κ2) is 8.94. The number of hydrogen-bond donors (Lipinski definition) is 3. The zero-order valence-corrected chi connectivity index (χ0v) is 14.8. The van der Waals surface area contributed by atoms with Crippen molar-refractivity contribution in [3.8, 4) is 0 Å². The molecule has 1 atom stereocenters. The molecule has 1 aliphatic heterocycles. The Labute approximate surface area is 148 Å². The van der Waals surface area contributed by atoms with Gasteiger partial charge in [-0.2, -0.15) is 0 Å². The summed E-state index contributed by atoms with van der Waals surface area (Å²) in [4.78, 5) is 26.9. The smallest absolute Gasteiger partial charge is 0.423 e. The van der Waals surface area contributed by atoms with Gasteiger partial charge in [0, 0.05) is 26.1 Å². The molecule has 4 N–H and O–H groups in total. The van der Waals surface area contributed by atoms with Crippen LogP contribution in [0.2, 0.25) is 0 Å². The van der Waals surface area contributed by atoms with E-state index in [1.165, 1.54) is 6.92 Å². The summed E-state index contributed by atoms with van der Waals surface area (Å²) < 4.78 is 0. The van der Waals surface area contributed by atoms with Gasteiger partial charge in [0.05, 0.1) is 0 Å². The van der Waals surface area contributed by atoms with E-state index in [-0.39, 0.29) is 5.78 Å². The molecule has 25 heavy (non-hydrogen) atoms. The highest BCUT2D eigenvalue weighted by Crippen LogP contribution is 2.30. The fourth-order valence-corrected chi connectivity index (χ4v) is 3.45. The largest absolute Gasteiger partial charge is 0.464 e. The van der Waals surface area contributed by atoms with Crippen molar-refractivity contribution in [2.45, 2.75) is 38.3 Å². The lowest BCUT2D eigenvalue weighted by molar-refractivity contribution is -0.145. The minimum atomic E-state index is -1.25. The van der Waals surface area contributed by atoms with E-state index in [1.54, 1.807) is 0 Å². The fourth-order valence-electron chi connectivity index (χ4n) is 3.45. The van der Waals surface area contributed by atoms with E-state index in [9.17, 15) is 14.7 Å². The van der Waals surface area contributed by atoms with Crippen LogP contribution in [-0.4, -0.2) is 58.7 Å². The summed E-state index contributed by atoms with van der Waals surface area (Å²) in [7, 11) is 0. The van der Waals surface area contributed by atoms with Gasteiger partial charge in [0.2, 0.25) is 0 Å². The van der Waals surface area contributed by atoms with Gasteiger partial charge in [-0.15, -0.1) is 0 Å². The summed E-state index contributed by atoms with van der Waals surface area (Å²) >= 11 is 0. The lowest BCUT2D eigenvalue weighted by Crippen LogP contribution is -2.70. The van der Waals surface area contributed by atoms with Crippen molar-refractivity contribution in [2.24, 2.45) is 5.73 Å². The molecule has 138 valence electrons. The number of rotatable bonds is 9. The highest BCUT2D eigenvalue weighted by Gasteiger charge is 2.50. The van der Waals surface area contributed by atoms with Crippen molar-refractivity contribution in [2.75, 3.05) is 26.2 Å². The van der Waals surface area contributed by atoms with Crippen molar-refractivity contribution < 1.29 is 14.7 Å². The first-order valence-electron chi connectivity index (χ1n) is 8.79. The van der Waals surface area contributed by atoms with Crippen molar-refractivity contribution in [1.82, 2.24) is 15.3 Å². The molecule has 1 aromatic carbocycles. The summed E-state index contributed by atoms with van der Waals surface area (Å²) in [6, 6.07) is 9.55. The Morgan fingerprint density at radius 1 is 1.28 bits per heavy atom. The number of carboxylic acid groups (broad SMARTS) is 1. The maximum absolute atomic E-state index is 12.8. The van der Waals surface area contributed by atoms with Gasteiger partial charge >= 0.3 is 6.09 Å². The van der Waals surface area contributed by atoms with E-state index in [0.29, 0.717) is 39.0 Å². The van der Waals surface area contributed by atoms with Gasteiger partial charge < -0.3 is 10.8 Å². The molecule has 1 amide bonds. The maximum Gasteiger partial charge on any atom is 0.423 e. The molecule has 1 unspecified atom stereocenters. The molecule has 0 bridgehead atoms. The molecule has 7 heteroatoms.